The molecule has 3 aromatic rings. The summed E-state index contributed by atoms with van der Waals surface area (Å²) in [5, 5.41) is -0.870. The molecule has 0 bridgehead atoms. The van der Waals surface area contributed by atoms with Crippen LogP contribution in [0.15, 0.2) is 91.0 Å². The fourth-order valence-electron chi connectivity index (χ4n) is 2.44. The maximum atomic E-state index is 12.9. The van der Waals surface area contributed by atoms with Crippen LogP contribution in [0.3, 0.4) is 0 Å². The van der Waals surface area contributed by atoms with E-state index in [4.69, 9.17) is 4.18 Å². The third-order valence-electron chi connectivity index (χ3n) is 3.45. The van der Waals surface area contributed by atoms with Gasteiger partial charge in [-0.2, -0.15) is 8.42 Å². The molecule has 0 N–H and O–H groups in total. The number of para-hydroxylation sites is 1. The lowest BCUT2D eigenvalue weighted by atomic mass is 10.0. The smallest absolute Gasteiger partial charge is 0.320 e. The average Bonchev–Trinajstić information content (AvgIpc) is 2.57. The standard InChI is InChI=1S/C19H16O3S/c20-23(21,22-18-14-8-3-9-15-18)19(16-10-4-1-5-11-16)17-12-6-2-7-13-17/h1-15,19H. The van der Waals surface area contributed by atoms with Gasteiger partial charge in [-0.15, -0.1) is 0 Å². The number of hydrogen-bond acceptors (Lipinski definition) is 3. The second kappa shape index (κ2) is 6.67. The number of rotatable bonds is 5. The molecule has 3 nitrogen and oxygen atoms in total. The molecule has 0 atom stereocenters. The van der Waals surface area contributed by atoms with Gasteiger partial charge in [0.15, 0.2) is 0 Å². The number of benzene rings is 3. The molecule has 0 saturated carbocycles. The first kappa shape index (κ1) is 15.3. The highest BCUT2D eigenvalue weighted by Crippen LogP contribution is 2.32. The molecule has 4 heteroatoms. The fraction of sp³-hybridized carbons (Fsp3) is 0.0526. The van der Waals surface area contributed by atoms with Crippen LogP contribution in [-0.2, 0) is 10.1 Å². The van der Waals surface area contributed by atoms with Crippen molar-refractivity contribution in [3.05, 3.63) is 102 Å². The zero-order chi connectivity index (χ0) is 16.1. The summed E-state index contributed by atoms with van der Waals surface area (Å²) in [6.07, 6.45) is 0. The summed E-state index contributed by atoms with van der Waals surface area (Å²) >= 11 is 0. The van der Waals surface area contributed by atoms with Crippen LogP contribution in [-0.4, -0.2) is 8.42 Å². The highest BCUT2D eigenvalue weighted by molar-refractivity contribution is 7.87. The fourth-order valence-corrected chi connectivity index (χ4v) is 3.90. The molecule has 0 aliphatic rings. The van der Waals surface area contributed by atoms with Crippen LogP contribution in [0.1, 0.15) is 16.4 Å². The van der Waals surface area contributed by atoms with E-state index in [0.29, 0.717) is 16.9 Å². The Morgan fingerprint density at radius 3 is 1.43 bits per heavy atom. The Balaban J connectivity index is 2.05. The summed E-state index contributed by atoms with van der Waals surface area (Å²) in [5.74, 6) is 0.310. The summed E-state index contributed by atoms with van der Waals surface area (Å²) in [6.45, 7) is 0. The molecule has 0 unspecified atom stereocenters. The van der Waals surface area contributed by atoms with Crippen LogP contribution in [0.4, 0.5) is 0 Å². The Labute approximate surface area is 136 Å². The Hall–Kier alpha value is -2.59. The van der Waals surface area contributed by atoms with Crippen molar-refractivity contribution in [2.45, 2.75) is 5.25 Å². The van der Waals surface area contributed by atoms with Gasteiger partial charge in [-0.25, -0.2) is 0 Å². The van der Waals surface area contributed by atoms with E-state index in [1.165, 1.54) is 0 Å². The van der Waals surface area contributed by atoms with Crippen molar-refractivity contribution >= 4 is 10.1 Å². The maximum Gasteiger partial charge on any atom is 0.320 e. The topological polar surface area (TPSA) is 43.4 Å². The van der Waals surface area contributed by atoms with Gasteiger partial charge in [0.05, 0.1) is 0 Å². The zero-order valence-corrected chi connectivity index (χ0v) is 13.2. The lowest BCUT2D eigenvalue weighted by Gasteiger charge is -2.18. The molecule has 3 rings (SSSR count). The van der Waals surface area contributed by atoms with Gasteiger partial charge in [-0.1, -0.05) is 78.9 Å². The predicted octanol–water partition coefficient (Wildman–Crippen LogP) is 4.18. The van der Waals surface area contributed by atoms with E-state index in [0.717, 1.165) is 0 Å². The van der Waals surface area contributed by atoms with Crippen LogP contribution < -0.4 is 4.18 Å². The van der Waals surface area contributed by atoms with E-state index in [1.54, 1.807) is 48.5 Å². The molecular formula is C19H16O3S. The molecule has 0 aliphatic heterocycles. The van der Waals surface area contributed by atoms with E-state index < -0.39 is 15.4 Å². The van der Waals surface area contributed by atoms with Gasteiger partial charge in [-0.05, 0) is 23.3 Å². The third-order valence-corrected chi connectivity index (χ3v) is 5.00. The van der Waals surface area contributed by atoms with Crippen molar-refractivity contribution in [2.75, 3.05) is 0 Å². The van der Waals surface area contributed by atoms with Crippen molar-refractivity contribution in [1.82, 2.24) is 0 Å². The molecule has 0 saturated heterocycles. The monoisotopic (exact) mass is 324 g/mol. The van der Waals surface area contributed by atoms with E-state index in [9.17, 15) is 8.42 Å². The van der Waals surface area contributed by atoms with Crippen molar-refractivity contribution in [2.24, 2.45) is 0 Å². The van der Waals surface area contributed by atoms with Crippen molar-refractivity contribution in [1.29, 1.82) is 0 Å². The van der Waals surface area contributed by atoms with Gasteiger partial charge in [0.25, 0.3) is 0 Å². The van der Waals surface area contributed by atoms with Gasteiger partial charge in [0.1, 0.15) is 11.0 Å². The lowest BCUT2D eigenvalue weighted by molar-refractivity contribution is 0.478. The second-order valence-electron chi connectivity index (χ2n) is 5.09. The first-order valence-electron chi connectivity index (χ1n) is 7.25. The summed E-state index contributed by atoms with van der Waals surface area (Å²) in [7, 11) is -3.88. The van der Waals surface area contributed by atoms with E-state index in [1.807, 2.05) is 42.5 Å². The summed E-state index contributed by atoms with van der Waals surface area (Å²) in [4.78, 5) is 0. The third kappa shape index (κ3) is 3.60. The van der Waals surface area contributed by atoms with Crippen molar-refractivity contribution in [3.8, 4) is 5.75 Å². The summed E-state index contributed by atoms with van der Waals surface area (Å²) in [6, 6.07) is 26.7. The molecule has 0 aliphatic carbocycles. The van der Waals surface area contributed by atoms with Crippen LogP contribution in [0.25, 0.3) is 0 Å². The minimum absolute atomic E-state index is 0.310. The van der Waals surface area contributed by atoms with Gasteiger partial charge >= 0.3 is 10.1 Å². The van der Waals surface area contributed by atoms with Crippen molar-refractivity contribution in [3.63, 3.8) is 0 Å². The maximum absolute atomic E-state index is 12.9. The van der Waals surface area contributed by atoms with E-state index >= 15 is 0 Å². The lowest BCUT2D eigenvalue weighted by Crippen LogP contribution is -2.20. The minimum Gasteiger partial charge on any atom is -0.382 e. The van der Waals surface area contributed by atoms with E-state index in [-0.39, 0.29) is 0 Å². The molecular weight excluding hydrogens is 308 g/mol. The first-order valence-corrected chi connectivity index (χ1v) is 8.72. The molecule has 0 radical (unpaired) electrons. The highest BCUT2D eigenvalue weighted by Gasteiger charge is 2.31. The SMILES string of the molecule is O=S(=O)(Oc1ccccc1)C(c1ccccc1)c1ccccc1. The zero-order valence-electron chi connectivity index (χ0n) is 12.4. The Morgan fingerprint density at radius 1 is 0.609 bits per heavy atom. The Kier molecular flexibility index (Phi) is 4.44. The molecule has 0 spiro atoms. The first-order chi connectivity index (χ1) is 11.2. The van der Waals surface area contributed by atoms with Gasteiger partial charge in [0, 0.05) is 0 Å². The van der Waals surface area contributed by atoms with Crippen LogP contribution in [0, 0.1) is 0 Å². The van der Waals surface area contributed by atoms with Gasteiger partial charge in [-0.3, -0.25) is 0 Å². The van der Waals surface area contributed by atoms with E-state index in [2.05, 4.69) is 0 Å². The normalized spacial score (nSPS) is 11.3. The minimum atomic E-state index is -3.88. The second-order valence-corrected chi connectivity index (χ2v) is 6.71. The Morgan fingerprint density at radius 2 is 1.00 bits per heavy atom. The van der Waals surface area contributed by atoms with Gasteiger partial charge in [0.2, 0.25) is 0 Å². The quantitative estimate of drug-likeness (QED) is 0.661. The molecule has 116 valence electrons. The predicted molar refractivity (Wildman–Crippen MR) is 90.7 cm³/mol. The largest absolute Gasteiger partial charge is 0.382 e. The van der Waals surface area contributed by atoms with Crippen LogP contribution in [0.2, 0.25) is 0 Å². The number of hydrogen-bond donors (Lipinski definition) is 0. The Bertz CT molecular complexity index is 805. The molecule has 23 heavy (non-hydrogen) atoms. The highest BCUT2D eigenvalue weighted by atomic mass is 32.2. The molecule has 3 aromatic carbocycles. The van der Waals surface area contributed by atoms with Crippen LogP contribution >= 0.6 is 0 Å². The molecule has 0 amide bonds. The van der Waals surface area contributed by atoms with Crippen molar-refractivity contribution < 1.29 is 12.6 Å². The molecule has 0 heterocycles. The van der Waals surface area contributed by atoms with Gasteiger partial charge < -0.3 is 4.18 Å². The summed E-state index contributed by atoms with van der Waals surface area (Å²) in [5.41, 5.74) is 1.35. The molecule has 0 aromatic heterocycles. The molecule has 0 fully saturated rings. The average molecular weight is 324 g/mol. The summed E-state index contributed by atoms with van der Waals surface area (Å²) < 4.78 is 31.1. The van der Waals surface area contributed by atoms with Crippen LogP contribution in [0.5, 0.6) is 5.75 Å².